The number of halogens is 3. The van der Waals surface area contributed by atoms with Crippen molar-refractivity contribution in [2.24, 2.45) is 0 Å². The van der Waals surface area contributed by atoms with E-state index in [0.29, 0.717) is 5.82 Å². The second-order valence-corrected chi connectivity index (χ2v) is 8.61. The summed E-state index contributed by atoms with van der Waals surface area (Å²) in [6.07, 6.45) is 3.04. The van der Waals surface area contributed by atoms with Gasteiger partial charge < -0.3 is 4.90 Å². The first-order chi connectivity index (χ1) is 14.0. The molecule has 0 bridgehead atoms. The van der Waals surface area contributed by atoms with E-state index in [4.69, 9.17) is 0 Å². The summed E-state index contributed by atoms with van der Waals surface area (Å²) in [6.45, 7) is 2.98. The van der Waals surface area contributed by atoms with Gasteiger partial charge in [-0.3, -0.25) is 4.90 Å². The first-order valence-corrected chi connectivity index (χ1v) is 10.7. The number of piperazine rings is 1. The molecule has 29 heavy (non-hydrogen) atoms. The fraction of sp³-hybridized carbons (Fsp3) is 0.450. The molecule has 152 valence electrons. The van der Waals surface area contributed by atoms with Gasteiger partial charge in [0.25, 0.3) is 5.82 Å². The Hall–Kier alpha value is -2.42. The van der Waals surface area contributed by atoms with Gasteiger partial charge in [0.1, 0.15) is 36.3 Å². The lowest BCUT2D eigenvalue weighted by atomic mass is 9.97. The van der Waals surface area contributed by atoms with Crippen molar-refractivity contribution in [2.75, 3.05) is 36.0 Å². The van der Waals surface area contributed by atoms with E-state index in [2.05, 4.69) is 24.8 Å². The van der Waals surface area contributed by atoms with E-state index in [1.54, 1.807) is 17.7 Å². The number of aromatic amines is 1. The van der Waals surface area contributed by atoms with Crippen molar-refractivity contribution >= 4 is 33.2 Å². The van der Waals surface area contributed by atoms with Crippen molar-refractivity contribution in [2.45, 2.75) is 31.9 Å². The third-order valence-electron chi connectivity index (χ3n) is 5.77. The number of aromatic nitrogens is 3. The smallest absolute Gasteiger partial charge is 0.348 e. The van der Waals surface area contributed by atoms with Crippen LogP contribution in [-0.2, 0) is 19.0 Å². The maximum atomic E-state index is 12.8. The highest BCUT2D eigenvalue weighted by atomic mass is 32.1. The first kappa shape index (κ1) is 18.6. The summed E-state index contributed by atoms with van der Waals surface area (Å²) in [4.78, 5) is 18.8. The van der Waals surface area contributed by atoms with E-state index >= 15 is 0 Å². The number of rotatable bonds is 2. The number of aryl methyl sites for hydroxylation is 2. The van der Waals surface area contributed by atoms with Gasteiger partial charge in [0.15, 0.2) is 0 Å². The van der Waals surface area contributed by atoms with Crippen LogP contribution in [0.5, 0.6) is 0 Å². The summed E-state index contributed by atoms with van der Waals surface area (Å²) in [6, 6.07) is 2.64. The predicted octanol–water partition coefficient (Wildman–Crippen LogP) is 3.73. The number of fused-ring (bicyclic) bond motifs is 3. The molecule has 0 unspecified atom stereocenters. The second kappa shape index (κ2) is 7.12. The van der Waals surface area contributed by atoms with Crippen LogP contribution < -0.4 is 14.8 Å². The molecule has 5 nitrogen and oxygen atoms in total. The zero-order valence-corrected chi connectivity index (χ0v) is 16.6. The lowest BCUT2D eigenvalue weighted by Crippen LogP contribution is -2.48. The minimum Gasteiger partial charge on any atom is -0.348 e. The monoisotopic (exact) mass is 420 g/mol. The Morgan fingerprint density at radius 1 is 0.966 bits per heavy atom. The van der Waals surface area contributed by atoms with Crippen LogP contribution in [0, 0.1) is 0 Å². The van der Waals surface area contributed by atoms with E-state index in [1.165, 1.54) is 34.7 Å². The molecule has 9 heteroatoms. The van der Waals surface area contributed by atoms with Crippen molar-refractivity contribution in [1.82, 2.24) is 9.97 Å². The Kier molecular flexibility index (Phi) is 4.57. The van der Waals surface area contributed by atoms with Crippen LogP contribution in [0.4, 0.5) is 24.8 Å². The molecule has 1 fully saturated rings. The van der Waals surface area contributed by atoms with E-state index in [1.807, 2.05) is 0 Å². The number of hydrogen-bond donors (Lipinski definition) is 0. The van der Waals surface area contributed by atoms with Gasteiger partial charge in [-0.2, -0.15) is 13.2 Å². The van der Waals surface area contributed by atoms with Crippen molar-refractivity contribution < 1.29 is 18.2 Å². The second-order valence-electron chi connectivity index (χ2n) is 7.52. The van der Waals surface area contributed by atoms with E-state index in [-0.39, 0.29) is 0 Å². The van der Waals surface area contributed by atoms with Gasteiger partial charge >= 0.3 is 6.18 Å². The number of alkyl halides is 3. The summed E-state index contributed by atoms with van der Waals surface area (Å²) in [5.41, 5.74) is 0.760. The van der Waals surface area contributed by atoms with Gasteiger partial charge in [-0.05, 0) is 37.3 Å². The third-order valence-corrected chi connectivity index (χ3v) is 6.97. The average molecular weight is 420 g/mol. The molecule has 0 saturated carbocycles. The number of pyridine rings is 1. The summed E-state index contributed by atoms with van der Waals surface area (Å²) in [5.74, 6) is 1.71. The molecule has 0 spiro atoms. The minimum absolute atomic E-state index is 0.662. The quantitative estimate of drug-likeness (QED) is 0.634. The molecule has 0 radical (unpaired) electrons. The molecule has 1 aliphatic heterocycles. The highest BCUT2D eigenvalue weighted by molar-refractivity contribution is 7.19. The van der Waals surface area contributed by atoms with Crippen LogP contribution in [0.2, 0.25) is 0 Å². The van der Waals surface area contributed by atoms with Crippen molar-refractivity contribution in [1.29, 1.82) is 0 Å². The fourth-order valence-corrected chi connectivity index (χ4v) is 5.49. The zero-order valence-electron chi connectivity index (χ0n) is 15.8. The zero-order chi connectivity index (χ0) is 20.0. The highest BCUT2D eigenvalue weighted by Crippen LogP contribution is 2.39. The molecule has 0 aromatic carbocycles. The van der Waals surface area contributed by atoms with Gasteiger partial charge in [0.2, 0.25) is 0 Å². The highest BCUT2D eigenvalue weighted by Gasteiger charge is 2.33. The summed E-state index contributed by atoms with van der Waals surface area (Å²) < 4.78 is 38.3. The Morgan fingerprint density at radius 2 is 1.72 bits per heavy atom. The molecule has 4 heterocycles. The van der Waals surface area contributed by atoms with Crippen LogP contribution in [-0.4, -0.2) is 36.1 Å². The Bertz CT molecular complexity index is 1020. The van der Waals surface area contributed by atoms with Crippen LogP contribution in [0.1, 0.15) is 28.8 Å². The SMILES string of the molecule is FC(F)(F)c1ccc(N2CCN(c3ncnc4sc5c(c34)CCCC5)CC2)[nH+]c1. The maximum absolute atomic E-state index is 12.8. The standard InChI is InChI=1S/C20H20F3N5S/c21-20(22,23)13-5-6-16(24-11-13)27-7-9-28(10-8-27)18-17-14-3-1-2-4-15(14)29-19(17)26-12-25-18/h5-6,11-12H,1-4,7-10H2/p+1. The molecule has 0 atom stereocenters. The maximum Gasteiger partial charge on any atom is 0.419 e. The molecule has 5 rings (SSSR count). The van der Waals surface area contributed by atoms with E-state index in [0.717, 1.165) is 61.9 Å². The summed E-state index contributed by atoms with van der Waals surface area (Å²) in [7, 11) is 0. The van der Waals surface area contributed by atoms with Gasteiger partial charge in [-0.1, -0.05) is 0 Å². The molecule has 1 saturated heterocycles. The Labute approximate surface area is 170 Å². The van der Waals surface area contributed by atoms with Gasteiger partial charge in [-0.15, -0.1) is 11.3 Å². The van der Waals surface area contributed by atoms with E-state index < -0.39 is 11.7 Å². The average Bonchev–Trinajstić information content (AvgIpc) is 3.12. The van der Waals surface area contributed by atoms with Gasteiger partial charge in [0, 0.05) is 10.9 Å². The normalized spacial score (nSPS) is 17.6. The fourth-order valence-electron chi connectivity index (χ4n) is 4.26. The molecular weight excluding hydrogens is 399 g/mol. The minimum atomic E-state index is -4.33. The number of nitrogens with one attached hydrogen (secondary N) is 1. The molecule has 2 aliphatic rings. The third kappa shape index (κ3) is 3.41. The number of anilines is 2. The lowest BCUT2D eigenvalue weighted by Gasteiger charge is -2.32. The van der Waals surface area contributed by atoms with Crippen LogP contribution in [0.3, 0.4) is 0 Å². The van der Waals surface area contributed by atoms with E-state index in [9.17, 15) is 13.2 Å². The summed E-state index contributed by atoms with van der Waals surface area (Å²) in [5, 5.41) is 1.21. The van der Waals surface area contributed by atoms with Crippen LogP contribution >= 0.6 is 11.3 Å². The topological polar surface area (TPSA) is 46.4 Å². The predicted molar refractivity (Wildman–Crippen MR) is 106 cm³/mol. The molecular formula is C20H21F3N5S+. The lowest BCUT2D eigenvalue weighted by molar-refractivity contribution is -0.367. The van der Waals surface area contributed by atoms with Gasteiger partial charge in [-0.25, -0.2) is 15.0 Å². The Balaban J connectivity index is 1.35. The first-order valence-electron chi connectivity index (χ1n) is 9.85. The molecule has 0 amide bonds. The van der Waals surface area contributed by atoms with Crippen molar-refractivity contribution in [3.63, 3.8) is 0 Å². The van der Waals surface area contributed by atoms with Gasteiger partial charge in [0.05, 0.1) is 24.0 Å². The van der Waals surface area contributed by atoms with Crippen molar-refractivity contribution in [3.8, 4) is 0 Å². The molecule has 1 N–H and O–H groups in total. The largest absolute Gasteiger partial charge is 0.419 e. The number of nitrogens with zero attached hydrogens (tertiary/aromatic N) is 4. The molecule has 1 aliphatic carbocycles. The Morgan fingerprint density at radius 3 is 2.45 bits per heavy atom. The molecule has 3 aromatic rings. The van der Waals surface area contributed by atoms with Crippen LogP contribution in [0.25, 0.3) is 10.2 Å². The molecule has 3 aromatic heterocycles. The number of thiophene rings is 1. The number of H-pyrrole nitrogens is 1. The van der Waals surface area contributed by atoms with Crippen LogP contribution in [0.15, 0.2) is 24.7 Å². The summed E-state index contributed by atoms with van der Waals surface area (Å²) >= 11 is 1.79. The number of hydrogen-bond acceptors (Lipinski definition) is 5. The van der Waals surface area contributed by atoms with Crippen molar-refractivity contribution in [3.05, 3.63) is 40.7 Å².